The van der Waals surface area contributed by atoms with E-state index in [1.165, 1.54) is 11.0 Å². The third-order valence-corrected chi connectivity index (χ3v) is 2.83. The van der Waals surface area contributed by atoms with Crippen LogP contribution in [0.1, 0.15) is 5.56 Å². The summed E-state index contributed by atoms with van der Waals surface area (Å²) in [6.07, 6.45) is 1.85. The van der Waals surface area contributed by atoms with Crippen LogP contribution in [-0.4, -0.2) is 7.85 Å². The molecule has 0 bridgehead atoms. The van der Waals surface area contributed by atoms with Gasteiger partial charge in [0.15, 0.2) is 0 Å². The van der Waals surface area contributed by atoms with E-state index < -0.39 is 0 Å². The van der Waals surface area contributed by atoms with E-state index in [2.05, 4.69) is 38.7 Å². The maximum atomic E-state index is 6.02. The molecule has 0 aromatic heterocycles. The largest absolute Gasteiger partial charge is 0.139 e. The summed E-state index contributed by atoms with van der Waals surface area (Å²) in [4.78, 5) is 0. The van der Waals surface area contributed by atoms with Gasteiger partial charge in [0, 0.05) is 5.02 Å². The van der Waals surface area contributed by atoms with Gasteiger partial charge in [-0.15, -0.1) is 0 Å². The first kappa shape index (κ1) is 11.0. The summed E-state index contributed by atoms with van der Waals surface area (Å²) in [5.41, 5.74) is 4.66. The van der Waals surface area contributed by atoms with Gasteiger partial charge in [0.05, 0.1) is 0 Å². The van der Waals surface area contributed by atoms with E-state index in [9.17, 15) is 0 Å². The van der Waals surface area contributed by atoms with E-state index in [0.717, 1.165) is 16.1 Å². The molecular weight excluding hydrogens is 214 g/mol. The van der Waals surface area contributed by atoms with E-state index >= 15 is 0 Å². The molecule has 16 heavy (non-hydrogen) atoms. The molecule has 0 radical (unpaired) electrons. The normalized spacial score (nSPS) is 10.1. The quantitative estimate of drug-likeness (QED) is 0.691. The van der Waals surface area contributed by atoms with Gasteiger partial charge in [0.25, 0.3) is 0 Å². The fourth-order valence-corrected chi connectivity index (χ4v) is 1.86. The molecule has 0 unspecified atom stereocenters. The summed E-state index contributed by atoms with van der Waals surface area (Å²) in [5, 5.41) is 0.751. The third-order valence-electron chi connectivity index (χ3n) is 2.60. The fraction of sp³-hybridized carbons (Fsp3) is 0. The van der Waals surface area contributed by atoms with Crippen LogP contribution in [0.25, 0.3) is 17.2 Å². The van der Waals surface area contributed by atoms with E-state index in [4.69, 9.17) is 11.6 Å². The molecular formula is C14H12BCl. The van der Waals surface area contributed by atoms with Crippen LogP contribution in [0.5, 0.6) is 0 Å². The molecule has 0 N–H and O–H groups in total. The molecule has 0 nitrogen and oxygen atoms in total. The van der Waals surface area contributed by atoms with Crippen molar-refractivity contribution >= 4 is 31.0 Å². The Labute approximate surface area is 102 Å². The lowest BCUT2D eigenvalue weighted by molar-refractivity contribution is 1.60. The Balaban J connectivity index is 2.57. The summed E-state index contributed by atoms with van der Waals surface area (Å²) in [5.74, 6) is 0. The third kappa shape index (κ3) is 2.20. The average molecular weight is 227 g/mol. The average Bonchev–Trinajstić information content (AvgIpc) is 2.30. The minimum Gasteiger partial charge on any atom is -0.0984 e. The Bertz CT molecular complexity index is 515. The van der Waals surface area contributed by atoms with Crippen LogP contribution in [0.15, 0.2) is 49.0 Å². The molecule has 0 fully saturated rings. The molecule has 2 heteroatoms. The Morgan fingerprint density at radius 1 is 1.06 bits per heavy atom. The molecule has 0 saturated heterocycles. The summed E-state index contributed by atoms with van der Waals surface area (Å²) in [6.45, 7) is 3.82. The zero-order valence-corrected chi connectivity index (χ0v) is 9.96. The molecule has 0 aliphatic carbocycles. The first-order valence-corrected chi connectivity index (χ1v) is 5.57. The standard InChI is InChI=1S/C14H12BCl/c1-2-10-5-8-13(16)9-14(10)11-3-6-12(15)7-4-11/h2-9H,1,15H2. The van der Waals surface area contributed by atoms with Crippen molar-refractivity contribution in [3.8, 4) is 11.1 Å². The van der Waals surface area contributed by atoms with Crippen LogP contribution in [0, 0.1) is 0 Å². The highest BCUT2D eigenvalue weighted by Crippen LogP contribution is 2.27. The smallest absolute Gasteiger partial charge is 0.0984 e. The van der Waals surface area contributed by atoms with Crippen LogP contribution in [0.3, 0.4) is 0 Å². The Kier molecular flexibility index (Phi) is 3.16. The van der Waals surface area contributed by atoms with Crippen molar-refractivity contribution in [2.75, 3.05) is 0 Å². The van der Waals surface area contributed by atoms with E-state index in [-0.39, 0.29) is 0 Å². The van der Waals surface area contributed by atoms with Gasteiger partial charge in [-0.2, -0.15) is 0 Å². The Hall–Kier alpha value is -1.47. The van der Waals surface area contributed by atoms with Gasteiger partial charge in [-0.05, 0) is 28.8 Å². The summed E-state index contributed by atoms with van der Waals surface area (Å²) < 4.78 is 0. The summed E-state index contributed by atoms with van der Waals surface area (Å²) in [7, 11) is 2.08. The number of hydrogen-bond donors (Lipinski definition) is 0. The molecule has 0 amide bonds. The van der Waals surface area contributed by atoms with E-state index in [1.807, 2.05) is 24.3 Å². The molecule has 78 valence electrons. The Morgan fingerprint density at radius 2 is 1.75 bits per heavy atom. The van der Waals surface area contributed by atoms with Crippen molar-refractivity contribution < 1.29 is 0 Å². The maximum Gasteiger partial charge on any atom is 0.139 e. The number of hydrogen-bond acceptors (Lipinski definition) is 0. The van der Waals surface area contributed by atoms with Gasteiger partial charge in [0.1, 0.15) is 7.85 Å². The monoisotopic (exact) mass is 226 g/mol. The summed E-state index contributed by atoms with van der Waals surface area (Å²) >= 11 is 6.02. The van der Waals surface area contributed by atoms with Crippen molar-refractivity contribution in [3.05, 3.63) is 59.6 Å². The van der Waals surface area contributed by atoms with Crippen LogP contribution in [0.2, 0.25) is 5.02 Å². The number of halogens is 1. The Morgan fingerprint density at radius 3 is 2.38 bits per heavy atom. The highest BCUT2D eigenvalue weighted by atomic mass is 35.5. The van der Waals surface area contributed by atoms with Crippen LogP contribution in [0.4, 0.5) is 0 Å². The van der Waals surface area contributed by atoms with E-state index in [0.29, 0.717) is 0 Å². The first-order valence-electron chi connectivity index (χ1n) is 5.20. The zero-order chi connectivity index (χ0) is 11.5. The SMILES string of the molecule is Bc1ccc(-c2cc(Cl)ccc2C=C)cc1. The minimum absolute atomic E-state index is 0.751. The van der Waals surface area contributed by atoms with Gasteiger partial charge in [-0.1, -0.05) is 60.1 Å². The second-order valence-corrected chi connectivity index (χ2v) is 4.24. The molecule has 0 spiro atoms. The fourth-order valence-electron chi connectivity index (χ4n) is 1.69. The van der Waals surface area contributed by atoms with Crippen molar-refractivity contribution in [1.82, 2.24) is 0 Å². The van der Waals surface area contributed by atoms with Crippen molar-refractivity contribution in [2.45, 2.75) is 0 Å². The zero-order valence-electron chi connectivity index (χ0n) is 9.20. The molecule has 0 atom stereocenters. The second kappa shape index (κ2) is 4.59. The van der Waals surface area contributed by atoms with Gasteiger partial charge in [-0.25, -0.2) is 0 Å². The molecule has 0 heterocycles. The summed E-state index contributed by atoms with van der Waals surface area (Å²) in [6, 6.07) is 14.3. The van der Waals surface area contributed by atoms with Crippen LogP contribution < -0.4 is 5.46 Å². The molecule has 0 saturated carbocycles. The van der Waals surface area contributed by atoms with Crippen molar-refractivity contribution in [2.24, 2.45) is 0 Å². The molecule has 0 aliphatic heterocycles. The van der Waals surface area contributed by atoms with Crippen LogP contribution in [-0.2, 0) is 0 Å². The lowest BCUT2D eigenvalue weighted by Gasteiger charge is -2.07. The lowest BCUT2D eigenvalue weighted by Crippen LogP contribution is -1.99. The highest BCUT2D eigenvalue weighted by molar-refractivity contribution is 6.32. The molecule has 0 aliphatic rings. The van der Waals surface area contributed by atoms with Gasteiger partial charge < -0.3 is 0 Å². The predicted octanol–water partition coefficient (Wildman–Crippen LogP) is 2.91. The topological polar surface area (TPSA) is 0 Å². The lowest BCUT2D eigenvalue weighted by atomic mass is 9.92. The predicted molar refractivity (Wildman–Crippen MR) is 75.2 cm³/mol. The number of rotatable bonds is 2. The number of benzene rings is 2. The molecule has 2 aromatic carbocycles. The molecule has 2 aromatic rings. The van der Waals surface area contributed by atoms with E-state index in [1.54, 1.807) is 0 Å². The maximum absolute atomic E-state index is 6.02. The van der Waals surface area contributed by atoms with Gasteiger partial charge in [-0.3, -0.25) is 0 Å². The first-order chi connectivity index (χ1) is 7.70. The minimum atomic E-state index is 0.751. The van der Waals surface area contributed by atoms with Crippen molar-refractivity contribution in [3.63, 3.8) is 0 Å². The van der Waals surface area contributed by atoms with Crippen molar-refractivity contribution in [1.29, 1.82) is 0 Å². The highest BCUT2D eigenvalue weighted by Gasteiger charge is 2.03. The van der Waals surface area contributed by atoms with Gasteiger partial charge >= 0.3 is 0 Å². The molecule has 2 rings (SSSR count). The van der Waals surface area contributed by atoms with Crippen LogP contribution >= 0.6 is 11.6 Å². The van der Waals surface area contributed by atoms with Gasteiger partial charge in [0.2, 0.25) is 0 Å². The second-order valence-electron chi connectivity index (χ2n) is 3.80.